The zero-order valence-corrected chi connectivity index (χ0v) is 64.6. The number of aliphatic hydroxyl groups is 3. The Balaban J connectivity index is 2.48. The third kappa shape index (κ3) is 36.2. The lowest BCUT2D eigenvalue weighted by Gasteiger charge is -2.31. The van der Waals surface area contributed by atoms with Gasteiger partial charge in [0.1, 0.15) is 67.0 Å². The first-order valence-corrected chi connectivity index (χ1v) is 38.5. The second-order valence-electron chi connectivity index (χ2n) is 27.4. The van der Waals surface area contributed by atoms with Crippen LogP contribution in [0.1, 0.15) is 163 Å². The summed E-state index contributed by atoms with van der Waals surface area (Å²) in [7, 11) is 0. The molecule has 1 heterocycles. The SMILES string of the molecule is CCCCCCCCCC(=O)OCCSC[C@H](NC(=O)[C@@H](NC(=O)[C@@H]1CCCN1C(=O)[C@H](CCCN=C(N)N)NC(=O)[C@H](CO)NC(=O)[C@H](CC(C)C)NC(=O)[C@H](Cc1ccccc1)NC(=O)[C@H](CS)NC(=O)[C@H](CC(=O)O)NC(=O)[C@@H](N)C(C)C)[C@@H](C)O)C(=O)N[C@@H](CCCCN)C(=O)N[C@H](C(=O)O)[C@@H](C)O. The first-order valence-electron chi connectivity index (χ1n) is 36.8. The highest BCUT2D eigenvalue weighted by atomic mass is 32.2. The number of carbonyl (C=O) groups excluding carboxylic acids is 12. The molecule has 108 heavy (non-hydrogen) atoms. The lowest BCUT2D eigenvalue weighted by atomic mass is 10.0. The minimum Gasteiger partial charge on any atom is -0.481 e. The molecule has 1 saturated heterocycles. The van der Waals surface area contributed by atoms with Gasteiger partial charge in [0, 0.05) is 43.2 Å². The standard InChI is InChI=1S/C70H118N16O20S2/c1-8-9-10-11-12-13-17-27-54(92)106-31-32-108-38-51(64(99)76-44(24-18-19-28-71)58(93)85-57(42(7)89)69(104)105)83-67(102)56(41(6)88)84-65(100)52-26-21-30-86(52)68(103)45(25-20-29-75-70(73)74)77-62(97)49(36-87)81-59(94)46(33-39(2)3)78-60(95)47(34-43-22-15-14-16-23-43)79-63(98)50(37-107)82-61(96)48(35-53(90)91)80-66(101)55(72)40(4)5/h14-16,22-23,39-42,44-52,55-57,87-89,107H,8-13,17-21,24-38,71-72H2,1-7H3,(H,76,99)(H,77,97)(H,78,95)(H,79,98)(H,80,101)(H,81,94)(H,82,96)(H,83,102)(H,84,100)(H,85,93)(H,90,91)(H,104,105)(H4,73,74,75)/t41-,42-,44+,45+,46+,47+,48+,49+,50+,51+,52+,55+,56+,57+/m1/s1. The van der Waals surface area contributed by atoms with Gasteiger partial charge in [-0.15, -0.1) is 0 Å². The number of esters is 1. The summed E-state index contributed by atoms with van der Waals surface area (Å²) < 4.78 is 5.42. The first kappa shape index (κ1) is 95.6. The Kier molecular flexibility index (Phi) is 45.9. The van der Waals surface area contributed by atoms with Crippen molar-refractivity contribution in [2.45, 2.75) is 249 Å². The van der Waals surface area contributed by atoms with Crippen LogP contribution >= 0.6 is 24.4 Å². The number of nitrogens with one attached hydrogen (secondary N) is 10. The molecular weight excluding hydrogens is 1450 g/mol. The fraction of sp³-hybridized carbons (Fsp3) is 0.700. The molecule has 0 aromatic heterocycles. The highest BCUT2D eigenvalue weighted by Gasteiger charge is 2.42. The van der Waals surface area contributed by atoms with Crippen LogP contribution < -0.4 is 76.1 Å². The zero-order valence-electron chi connectivity index (χ0n) is 62.9. The Labute approximate surface area is 640 Å². The Bertz CT molecular complexity index is 3100. The van der Waals surface area contributed by atoms with E-state index in [2.05, 4.69) is 77.7 Å². The molecule has 23 N–H and O–H groups in total. The molecule has 0 unspecified atom stereocenters. The molecule has 36 nitrogen and oxygen atoms in total. The van der Waals surface area contributed by atoms with Crippen molar-refractivity contribution in [3.63, 3.8) is 0 Å². The lowest BCUT2D eigenvalue weighted by molar-refractivity contribution is -0.145. The van der Waals surface area contributed by atoms with Crippen LogP contribution in [0.3, 0.4) is 0 Å². The number of ether oxygens (including phenoxy) is 1. The number of unbranched alkanes of at least 4 members (excludes halogenated alkanes) is 7. The van der Waals surface area contributed by atoms with Gasteiger partial charge >= 0.3 is 17.9 Å². The van der Waals surface area contributed by atoms with Crippen molar-refractivity contribution >= 4 is 113 Å². The fourth-order valence-corrected chi connectivity index (χ4v) is 12.3. The minimum absolute atomic E-state index is 0.0118. The van der Waals surface area contributed by atoms with Crippen molar-refractivity contribution < 1.29 is 97.4 Å². The average molecular weight is 1570 g/mol. The van der Waals surface area contributed by atoms with Crippen molar-refractivity contribution in [3.8, 4) is 0 Å². The molecule has 1 aliphatic heterocycles. The molecule has 2 rings (SSSR count). The molecule has 0 bridgehead atoms. The maximum absolute atomic E-state index is 14.8. The van der Waals surface area contributed by atoms with Gasteiger partial charge in [-0.2, -0.15) is 24.4 Å². The highest BCUT2D eigenvalue weighted by molar-refractivity contribution is 7.99. The summed E-state index contributed by atoms with van der Waals surface area (Å²) >= 11 is 5.28. The first-order chi connectivity index (χ1) is 51.1. The molecule has 1 fully saturated rings. The molecule has 1 aromatic carbocycles. The number of thioether (sulfide) groups is 1. The number of guanidine groups is 1. The average Bonchev–Trinajstić information content (AvgIpc) is 1.61. The van der Waals surface area contributed by atoms with Crippen molar-refractivity contribution in [1.29, 1.82) is 0 Å². The number of aliphatic hydroxyl groups excluding tert-OH is 3. The van der Waals surface area contributed by atoms with E-state index in [1.54, 1.807) is 58.0 Å². The maximum atomic E-state index is 14.8. The van der Waals surface area contributed by atoms with Gasteiger partial charge in [0.15, 0.2) is 12.0 Å². The van der Waals surface area contributed by atoms with Gasteiger partial charge in [-0.05, 0) is 95.6 Å². The van der Waals surface area contributed by atoms with Gasteiger partial charge in [0.25, 0.3) is 0 Å². The third-order valence-electron chi connectivity index (χ3n) is 17.4. The molecule has 38 heteroatoms. The maximum Gasteiger partial charge on any atom is 0.328 e. The van der Waals surface area contributed by atoms with E-state index in [4.69, 9.17) is 27.7 Å². The summed E-state index contributed by atoms with van der Waals surface area (Å²) in [6, 6.07) is -10.3. The summed E-state index contributed by atoms with van der Waals surface area (Å²) in [4.78, 5) is 196. The second-order valence-corrected chi connectivity index (χ2v) is 28.9. The lowest BCUT2D eigenvalue weighted by Crippen LogP contribution is -2.62. The molecule has 14 atom stereocenters. The van der Waals surface area contributed by atoms with E-state index in [0.717, 1.165) is 62.1 Å². The number of hydrogen-bond donors (Lipinski definition) is 20. The number of carboxylic acids is 2. The zero-order chi connectivity index (χ0) is 81.2. The van der Waals surface area contributed by atoms with E-state index in [1.807, 2.05) is 0 Å². The smallest absolute Gasteiger partial charge is 0.328 e. The Morgan fingerprint density at radius 2 is 1.14 bits per heavy atom. The summed E-state index contributed by atoms with van der Waals surface area (Å²) in [6.07, 6.45) is 3.29. The van der Waals surface area contributed by atoms with E-state index < -0.39 is 192 Å². The minimum atomic E-state index is -1.83. The number of nitrogens with zero attached hydrogens (tertiary/aromatic N) is 2. The molecule has 11 amide bonds. The highest BCUT2D eigenvalue weighted by Crippen LogP contribution is 2.22. The van der Waals surface area contributed by atoms with Crippen molar-refractivity contribution in [2.75, 3.05) is 50.1 Å². The second kappa shape index (κ2) is 51.8. The largest absolute Gasteiger partial charge is 0.481 e. The Hall–Kier alpha value is -8.43. The molecule has 0 radical (unpaired) electrons. The molecule has 1 aliphatic rings. The normalized spacial score (nSPS) is 16.3. The van der Waals surface area contributed by atoms with Crippen LogP contribution in [0, 0.1) is 11.8 Å². The third-order valence-corrected chi connectivity index (χ3v) is 18.8. The monoisotopic (exact) mass is 1570 g/mol. The van der Waals surface area contributed by atoms with Crippen molar-refractivity contribution in [1.82, 2.24) is 58.1 Å². The topological polar surface area (TPSA) is 589 Å². The van der Waals surface area contributed by atoms with E-state index >= 15 is 0 Å². The van der Waals surface area contributed by atoms with Crippen LogP contribution in [0.5, 0.6) is 0 Å². The van der Waals surface area contributed by atoms with Crippen LogP contribution in [0.2, 0.25) is 0 Å². The van der Waals surface area contributed by atoms with E-state index in [-0.39, 0.29) is 107 Å². The number of hydrogen-bond acceptors (Lipinski definition) is 23. The van der Waals surface area contributed by atoms with E-state index in [9.17, 15) is 92.7 Å². The number of likely N-dealkylation sites (tertiary alicyclic amines) is 1. The quantitative estimate of drug-likeness (QED) is 0.0101. The molecule has 1 aromatic rings. The number of aliphatic carboxylic acids is 2. The Morgan fingerprint density at radius 1 is 0.611 bits per heavy atom. The van der Waals surface area contributed by atoms with E-state index in [0.29, 0.717) is 18.4 Å². The molecule has 610 valence electrons. The number of amides is 11. The summed E-state index contributed by atoms with van der Waals surface area (Å²) in [5.41, 5.74) is 23.3. The number of rotatable bonds is 54. The molecule has 0 saturated carbocycles. The number of carboxylic acid groups (broad SMARTS) is 2. The predicted molar refractivity (Wildman–Crippen MR) is 404 cm³/mol. The summed E-state index contributed by atoms with van der Waals surface area (Å²) in [5, 5.41) is 75.9. The van der Waals surface area contributed by atoms with Gasteiger partial charge in [-0.1, -0.05) is 103 Å². The Morgan fingerprint density at radius 3 is 1.72 bits per heavy atom. The fourth-order valence-electron chi connectivity index (χ4n) is 11.2. The van der Waals surface area contributed by atoms with Gasteiger partial charge in [0.05, 0.1) is 31.3 Å². The summed E-state index contributed by atoms with van der Waals surface area (Å²) in [6.45, 7) is 10.0. The number of nitrogens with two attached hydrogens (primary N) is 4. The predicted octanol–water partition coefficient (Wildman–Crippen LogP) is -3.06. The molecule has 0 spiro atoms. The molecule has 0 aliphatic carbocycles. The van der Waals surface area contributed by atoms with Gasteiger partial charge < -0.3 is 111 Å². The van der Waals surface area contributed by atoms with Gasteiger partial charge in [-0.3, -0.25) is 67.3 Å². The van der Waals surface area contributed by atoms with Crippen LogP contribution in [-0.2, 0) is 78.3 Å². The number of aliphatic imine (C=N–C) groups is 1. The van der Waals surface area contributed by atoms with Crippen LogP contribution in [0.4, 0.5) is 0 Å². The summed E-state index contributed by atoms with van der Waals surface area (Å²) in [5.74, 6) is -15.8. The molecular formula is C70H118N16O20S2. The van der Waals surface area contributed by atoms with Crippen LogP contribution in [0.25, 0.3) is 0 Å². The van der Waals surface area contributed by atoms with Crippen molar-refractivity contribution in [2.24, 2.45) is 39.8 Å². The van der Waals surface area contributed by atoms with Crippen molar-refractivity contribution in [3.05, 3.63) is 35.9 Å². The number of benzene rings is 1. The number of thiol groups is 1. The number of carbonyl (C=O) groups is 14. The van der Waals surface area contributed by atoms with Gasteiger partial charge in [0.2, 0.25) is 65.0 Å². The van der Waals surface area contributed by atoms with Crippen LogP contribution in [0.15, 0.2) is 35.3 Å². The van der Waals surface area contributed by atoms with E-state index in [1.165, 1.54) is 6.92 Å². The van der Waals surface area contributed by atoms with Gasteiger partial charge in [-0.25, -0.2) is 4.79 Å². The van der Waals surface area contributed by atoms with Crippen LogP contribution in [-0.4, -0.2) is 254 Å².